The van der Waals surface area contributed by atoms with E-state index in [9.17, 15) is 8.42 Å². The van der Waals surface area contributed by atoms with E-state index < -0.39 is 10.0 Å². The summed E-state index contributed by atoms with van der Waals surface area (Å²) in [5.74, 6) is 0. The third-order valence-corrected chi connectivity index (χ3v) is 5.54. The lowest BCUT2D eigenvalue weighted by Gasteiger charge is -2.26. The molecule has 5 heteroatoms. The Labute approximate surface area is 91.9 Å². The van der Waals surface area contributed by atoms with Gasteiger partial charge in [0.2, 0.25) is 10.0 Å². The van der Waals surface area contributed by atoms with E-state index in [1.165, 1.54) is 0 Å². The molecule has 0 aromatic heterocycles. The summed E-state index contributed by atoms with van der Waals surface area (Å²) in [6.07, 6.45) is 5.03. The molecule has 0 aromatic rings. The third-order valence-electron chi connectivity index (χ3n) is 3.65. The normalized spacial score (nSPS) is 24.9. The second kappa shape index (κ2) is 4.03. The van der Waals surface area contributed by atoms with E-state index in [-0.39, 0.29) is 10.7 Å². The zero-order chi connectivity index (χ0) is 10.9. The van der Waals surface area contributed by atoms with Crippen LogP contribution >= 0.6 is 0 Å². The predicted octanol–water partition coefficient (Wildman–Crippen LogP) is 0.458. The van der Waals surface area contributed by atoms with Crippen LogP contribution < -0.4 is 10.0 Å². The SMILES string of the molecule is CNCC1(CNS(=O)(=O)C2CCC2)CC1. The lowest BCUT2D eigenvalue weighted by atomic mass is 10.0. The van der Waals surface area contributed by atoms with Crippen molar-refractivity contribution < 1.29 is 8.42 Å². The van der Waals surface area contributed by atoms with Gasteiger partial charge in [-0.25, -0.2) is 13.1 Å². The molecule has 2 rings (SSSR count). The van der Waals surface area contributed by atoms with Crippen molar-refractivity contribution in [2.45, 2.75) is 37.4 Å². The van der Waals surface area contributed by atoms with Crippen LogP contribution in [0.5, 0.6) is 0 Å². The highest BCUT2D eigenvalue weighted by Crippen LogP contribution is 2.44. The van der Waals surface area contributed by atoms with Crippen molar-refractivity contribution in [3.05, 3.63) is 0 Å². The van der Waals surface area contributed by atoms with E-state index in [0.717, 1.165) is 38.6 Å². The molecular formula is C10H20N2O2S. The van der Waals surface area contributed by atoms with Crippen molar-refractivity contribution in [3.8, 4) is 0 Å². The molecule has 2 N–H and O–H groups in total. The molecule has 88 valence electrons. The van der Waals surface area contributed by atoms with Crippen LogP contribution in [0.15, 0.2) is 0 Å². The van der Waals surface area contributed by atoms with E-state index in [4.69, 9.17) is 0 Å². The zero-order valence-corrected chi connectivity index (χ0v) is 10.1. The van der Waals surface area contributed by atoms with Crippen LogP contribution in [-0.4, -0.2) is 33.8 Å². The van der Waals surface area contributed by atoms with Crippen molar-refractivity contribution in [2.24, 2.45) is 5.41 Å². The highest BCUT2D eigenvalue weighted by Gasteiger charge is 2.43. The van der Waals surface area contributed by atoms with Crippen LogP contribution in [0.1, 0.15) is 32.1 Å². The molecule has 0 heterocycles. The molecule has 0 unspecified atom stereocenters. The second-order valence-electron chi connectivity index (χ2n) is 4.95. The van der Waals surface area contributed by atoms with Gasteiger partial charge in [0.15, 0.2) is 0 Å². The Balaban J connectivity index is 1.82. The first-order chi connectivity index (χ1) is 7.08. The molecule has 0 bridgehead atoms. The molecule has 2 aliphatic carbocycles. The van der Waals surface area contributed by atoms with Gasteiger partial charge < -0.3 is 5.32 Å². The van der Waals surface area contributed by atoms with Gasteiger partial charge in [0, 0.05) is 13.1 Å². The van der Waals surface area contributed by atoms with Crippen molar-refractivity contribution in [3.63, 3.8) is 0 Å². The minimum absolute atomic E-state index is 0.108. The Bertz CT molecular complexity index is 318. The van der Waals surface area contributed by atoms with E-state index >= 15 is 0 Å². The molecule has 2 saturated carbocycles. The molecule has 2 aliphatic rings. The Morgan fingerprint density at radius 2 is 1.93 bits per heavy atom. The maximum atomic E-state index is 11.8. The second-order valence-corrected chi connectivity index (χ2v) is 6.99. The fourth-order valence-corrected chi connectivity index (χ4v) is 3.72. The summed E-state index contributed by atoms with van der Waals surface area (Å²) in [4.78, 5) is 0. The van der Waals surface area contributed by atoms with Crippen molar-refractivity contribution in [1.29, 1.82) is 0 Å². The maximum absolute atomic E-state index is 11.8. The van der Waals surface area contributed by atoms with Crippen LogP contribution in [0.3, 0.4) is 0 Å². The number of nitrogens with one attached hydrogen (secondary N) is 2. The standard InChI is InChI=1S/C10H20N2O2S/c1-11-7-10(5-6-10)8-12-15(13,14)9-3-2-4-9/h9,11-12H,2-8H2,1H3. The van der Waals surface area contributed by atoms with Crippen molar-refractivity contribution in [2.75, 3.05) is 20.1 Å². The Kier molecular flexibility index (Phi) is 3.05. The Hall–Kier alpha value is -0.130. The van der Waals surface area contributed by atoms with Gasteiger partial charge in [0.05, 0.1) is 5.25 Å². The molecule has 0 spiro atoms. The number of rotatable bonds is 6. The van der Waals surface area contributed by atoms with E-state index in [0.29, 0.717) is 6.54 Å². The lowest BCUT2D eigenvalue weighted by Crippen LogP contribution is -2.42. The van der Waals surface area contributed by atoms with Crippen LogP contribution in [0.2, 0.25) is 0 Å². The third kappa shape index (κ3) is 2.52. The molecule has 2 fully saturated rings. The number of hydrogen-bond donors (Lipinski definition) is 2. The first-order valence-electron chi connectivity index (χ1n) is 5.71. The summed E-state index contributed by atoms with van der Waals surface area (Å²) in [6.45, 7) is 1.53. The van der Waals surface area contributed by atoms with Gasteiger partial charge in [0.1, 0.15) is 0 Å². The fourth-order valence-electron chi connectivity index (χ4n) is 2.02. The van der Waals surface area contributed by atoms with Crippen LogP contribution in [0.4, 0.5) is 0 Å². The molecule has 0 saturated heterocycles. The molecular weight excluding hydrogens is 212 g/mol. The van der Waals surface area contributed by atoms with E-state index in [1.54, 1.807) is 0 Å². The highest BCUT2D eigenvalue weighted by atomic mass is 32.2. The molecule has 0 aromatic carbocycles. The predicted molar refractivity (Wildman–Crippen MR) is 60.2 cm³/mol. The summed E-state index contributed by atoms with van der Waals surface area (Å²) < 4.78 is 26.3. The summed E-state index contributed by atoms with van der Waals surface area (Å²) >= 11 is 0. The number of sulfonamides is 1. The van der Waals surface area contributed by atoms with Gasteiger partial charge in [-0.2, -0.15) is 0 Å². The van der Waals surface area contributed by atoms with Gasteiger partial charge >= 0.3 is 0 Å². The van der Waals surface area contributed by atoms with Crippen molar-refractivity contribution >= 4 is 10.0 Å². The first-order valence-corrected chi connectivity index (χ1v) is 7.26. The lowest BCUT2D eigenvalue weighted by molar-refractivity contribution is 0.443. The molecule has 0 aliphatic heterocycles. The average Bonchev–Trinajstić information content (AvgIpc) is 2.79. The maximum Gasteiger partial charge on any atom is 0.214 e. The van der Waals surface area contributed by atoms with Gasteiger partial charge in [0.25, 0.3) is 0 Å². The molecule has 0 amide bonds. The van der Waals surface area contributed by atoms with Gasteiger partial charge in [-0.05, 0) is 38.1 Å². The summed E-state index contributed by atoms with van der Waals surface area (Å²) in [6, 6.07) is 0. The quantitative estimate of drug-likeness (QED) is 0.699. The Morgan fingerprint density at radius 1 is 1.27 bits per heavy atom. The van der Waals surface area contributed by atoms with Crippen LogP contribution in [0, 0.1) is 5.41 Å². The fraction of sp³-hybridized carbons (Fsp3) is 1.00. The monoisotopic (exact) mass is 232 g/mol. The minimum atomic E-state index is -3.01. The molecule has 0 atom stereocenters. The summed E-state index contributed by atoms with van der Waals surface area (Å²) in [7, 11) is -1.10. The number of hydrogen-bond acceptors (Lipinski definition) is 3. The smallest absolute Gasteiger partial charge is 0.214 e. The van der Waals surface area contributed by atoms with Gasteiger partial charge in [-0.1, -0.05) is 6.42 Å². The van der Waals surface area contributed by atoms with E-state index in [2.05, 4.69) is 10.0 Å². The topological polar surface area (TPSA) is 58.2 Å². The Morgan fingerprint density at radius 3 is 2.33 bits per heavy atom. The zero-order valence-electron chi connectivity index (χ0n) is 9.25. The largest absolute Gasteiger partial charge is 0.319 e. The first kappa shape index (κ1) is 11.4. The average molecular weight is 232 g/mol. The molecule has 15 heavy (non-hydrogen) atoms. The van der Waals surface area contributed by atoms with Crippen LogP contribution in [0.25, 0.3) is 0 Å². The molecule has 4 nitrogen and oxygen atoms in total. The van der Waals surface area contributed by atoms with Gasteiger partial charge in [-0.15, -0.1) is 0 Å². The molecule has 0 radical (unpaired) electrons. The highest BCUT2D eigenvalue weighted by molar-refractivity contribution is 7.90. The van der Waals surface area contributed by atoms with Gasteiger partial charge in [-0.3, -0.25) is 0 Å². The minimum Gasteiger partial charge on any atom is -0.319 e. The summed E-state index contributed by atoms with van der Waals surface area (Å²) in [5.41, 5.74) is 0.214. The summed E-state index contributed by atoms with van der Waals surface area (Å²) in [5, 5.41) is 3.02. The van der Waals surface area contributed by atoms with Crippen molar-refractivity contribution in [1.82, 2.24) is 10.0 Å². The van der Waals surface area contributed by atoms with Crippen LogP contribution in [-0.2, 0) is 10.0 Å². The van der Waals surface area contributed by atoms with E-state index in [1.807, 2.05) is 7.05 Å².